The lowest BCUT2D eigenvalue weighted by Crippen LogP contribution is -2.52. The van der Waals surface area contributed by atoms with Crippen molar-refractivity contribution in [1.82, 2.24) is 29.4 Å². The van der Waals surface area contributed by atoms with Gasteiger partial charge in [0.25, 0.3) is 0 Å². The number of carbonyl (C=O) groups is 1. The molecule has 2 aliphatic rings. The first-order chi connectivity index (χ1) is 17.5. The molecular weight excluding hydrogens is 450 g/mol. The Morgan fingerprint density at radius 2 is 1.78 bits per heavy atom. The molecule has 2 fully saturated rings. The predicted octanol–water partition coefficient (Wildman–Crippen LogP) is 3.29. The molecule has 1 aromatic carbocycles. The van der Waals surface area contributed by atoms with Crippen molar-refractivity contribution >= 4 is 28.0 Å². The molecule has 0 unspecified atom stereocenters. The number of aromatic nitrogens is 4. The van der Waals surface area contributed by atoms with E-state index in [2.05, 4.69) is 44.1 Å². The van der Waals surface area contributed by atoms with Crippen LogP contribution in [0.3, 0.4) is 0 Å². The highest BCUT2D eigenvalue weighted by atomic mass is 16.1. The third kappa shape index (κ3) is 4.47. The number of carbonyl (C=O) groups excluding carboxylic acids is 1. The maximum absolute atomic E-state index is 11.7. The summed E-state index contributed by atoms with van der Waals surface area (Å²) < 4.78 is 1.89. The number of nitrogens with zero attached hydrogens (tertiary/aromatic N) is 7. The zero-order chi connectivity index (χ0) is 24.6. The maximum atomic E-state index is 11.7. The maximum Gasteiger partial charge on any atom is 0.162 e. The molecule has 0 bridgehead atoms. The fourth-order valence-electron chi connectivity index (χ4n) is 5.72. The van der Waals surface area contributed by atoms with Crippen LogP contribution in [0, 0.1) is 0 Å². The Labute approximate surface area is 211 Å². The van der Waals surface area contributed by atoms with Crippen LogP contribution in [0.25, 0.3) is 27.7 Å². The molecule has 0 amide bonds. The van der Waals surface area contributed by atoms with Crippen LogP contribution in [0.1, 0.15) is 25.3 Å². The number of Topliss-reactive ketones (excluding diaryl/α,β-unsaturated/α-hetero) is 1. The molecule has 8 nitrogen and oxygen atoms in total. The molecule has 0 spiro atoms. The molecule has 3 aromatic heterocycles. The summed E-state index contributed by atoms with van der Waals surface area (Å²) in [7, 11) is 2.22. The van der Waals surface area contributed by atoms with Crippen LogP contribution >= 0.6 is 0 Å². The number of rotatable bonds is 5. The van der Waals surface area contributed by atoms with E-state index in [1.807, 2.05) is 41.3 Å². The minimum Gasteiger partial charge on any atom is -0.369 e. The van der Waals surface area contributed by atoms with Crippen molar-refractivity contribution in [1.29, 1.82) is 0 Å². The van der Waals surface area contributed by atoms with Gasteiger partial charge in [-0.2, -0.15) is 5.10 Å². The van der Waals surface area contributed by atoms with E-state index in [-0.39, 0.29) is 5.78 Å². The van der Waals surface area contributed by atoms with Crippen molar-refractivity contribution in [3.63, 3.8) is 0 Å². The van der Waals surface area contributed by atoms with Gasteiger partial charge in [0.1, 0.15) is 5.78 Å². The Bertz CT molecular complexity index is 1400. The van der Waals surface area contributed by atoms with Gasteiger partial charge >= 0.3 is 0 Å². The van der Waals surface area contributed by atoms with Crippen molar-refractivity contribution in [3.8, 4) is 11.1 Å². The van der Waals surface area contributed by atoms with Crippen molar-refractivity contribution < 1.29 is 4.79 Å². The molecule has 2 saturated heterocycles. The Kier molecular flexibility index (Phi) is 6.15. The number of fused-ring (bicyclic) bond motifs is 2. The monoisotopic (exact) mass is 483 g/mol. The molecule has 5 heterocycles. The number of piperazine rings is 1. The highest BCUT2D eigenvalue weighted by Gasteiger charge is 2.27. The highest BCUT2D eigenvalue weighted by molar-refractivity contribution is 5.98. The van der Waals surface area contributed by atoms with Crippen LogP contribution in [-0.2, 0) is 11.2 Å². The lowest BCUT2D eigenvalue weighted by molar-refractivity contribution is -0.116. The summed E-state index contributed by atoms with van der Waals surface area (Å²) in [6.07, 6.45) is 10.6. The second-order valence-electron chi connectivity index (χ2n) is 10.3. The fourth-order valence-corrected chi connectivity index (χ4v) is 5.72. The van der Waals surface area contributed by atoms with E-state index in [4.69, 9.17) is 4.98 Å². The normalized spacial score (nSPS) is 18.3. The topological polar surface area (TPSA) is 69.9 Å². The Morgan fingerprint density at radius 3 is 2.56 bits per heavy atom. The molecule has 4 aromatic rings. The average molecular weight is 484 g/mol. The van der Waals surface area contributed by atoms with Crippen molar-refractivity contribution in [2.24, 2.45) is 0 Å². The van der Waals surface area contributed by atoms with Gasteiger partial charge in [-0.3, -0.25) is 14.7 Å². The van der Waals surface area contributed by atoms with E-state index >= 15 is 0 Å². The summed E-state index contributed by atoms with van der Waals surface area (Å²) in [5, 5.41) is 5.68. The first-order valence-electron chi connectivity index (χ1n) is 12.9. The van der Waals surface area contributed by atoms with Crippen LogP contribution in [-0.4, -0.2) is 87.5 Å². The summed E-state index contributed by atoms with van der Waals surface area (Å²) in [4.78, 5) is 28.6. The van der Waals surface area contributed by atoms with Gasteiger partial charge < -0.3 is 9.80 Å². The number of piperidine rings is 1. The van der Waals surface area contributed by atoms with Crippen molar-refractivity contribution in [2.75, 3.05) is 51.2 Å². The van der Waals surface area contributed by atoms with Gasteiger partial charge in [-0.15, -0.1) is 0 Å². The van der Waals surface area contributed by atoms with Gasteiger partial charge in [-0.05, 0) is 56.1 Å². The number of hydrogen-bond donors (Lipinski definition) is 0. The largest absolute Gasteiger partial charge is 0.369 e. The van der Waals surface area contributed by atoms with Crippen LogP contribution in [0.5, 0.6) is 0 Å². The number of anilines is 1. The van der Waals surface area contributed by atoms with E-state index < -0.39 is 0 Å². The van der Waals surface area contributed by atoms with Crippen LogP contribution in [0.4, 0.5) is 5.69 Å². The van der Waals surface area contributed by atoms with E-state index in [1.54, 1.807) is 6.92 Å². The van der Waals surface area contributed by atoms with Gasteiger partial charge in [-0.1, -0.05) is 6.07 Å². The zero-order valence-electron chi connectivity index (χ0n) is 21.1. The number of hydrogen-bond acceptors (Lipinski definition) is 7. The van der Waals surface area contributed by atoms with E-state index in [0.29, 0.717) is 12.5 Å². The highest BCUT2D eigenvalue weighted by Crippen LogP contribution is 2.32. The van der Waals surface area contributed by atoms with Gasteiger partial charge in [0.2, 0.25) is 0 Å². The summed E-state index contributed by atoms with van der Waals surface area (Å²) in [6.45, 7) is 8.43. The van der Waals surface area contributed by atoms with Crippen molar-refractivity contribution in [3.05, 3.63) is 54.6 Å². The second kappa shape index (κ2) is 9.59. The van der Waals surface area contributed by atoms with Gasteiger partial charge in [0, 0.05) is 68.9 Å². The van der Waals surface area contributed by atoms with Gasteiger partial charge in [-0.25, -0.2) is 9.50 Å². The summed E-state index contributed by atoms with van der Waals surface area (Å²) in [6, 6.07) is 8.74. The Morgan fingerprint density at radius 1 is 0.972 bits per heavy atom. The summed E-state index contributed by atoms with van der Waals surface area (Å²) >= 11 is 0. The van der Waals surface area contributed by atoms with Crippen LogP contribution in [0.15, 0.2) is 49.1 Å². The molecule has 36 heavy (non-hydrogen) atoms. The molecule has 0 saturated carbocycles. The number of benzene rings is 1. The SMILES string of the molecule is CC(=O)Cc1ccc2nccc(-c3cnn4cc(N5CCC(N6CCN(C)CC6)CC5)cnc34)c2c1. The smallest absolute Gasteiger partial charge is 0.162 e. The number of ketones is 1. The number of pyridine rings is 1. The molecule has 8 heteroatoms. The summed E-state index contributed by atoms with van der Waals surface area (Å²) in [5.41, 5.74) is 5.86. The Balaban J connectivity index is 1.23. The first-order valence-corrected chi connectivity index (χ1v) is 12.9. The quantitative estimate of drug-likeness (QED) is 0.431. The van der Waals surface area contributed by atoms with Gasteiger partial charge in [0.05, 0.1) is 29.8 Å². The Hall–Kier alpha value is -3.36. The zero-order valence-corrected chi connectivity index (χ0v) is 21.1. The minimum atomic E-state index is 0.150. The molecular formula is C28H33N7O. The molecule has 186 valence electrons. The second-order valence-corrected chi connectivity index (χ2v) is 10.3. The van der Waals surface area contributed by atoms with Crippen molar-refractivity contribution in [2.45, 2.75) is 32.2 Å². The number of likely N-dealkylation sites (N-methyl/N-ethyl adjacent to an activating group) is 1. The third-order valence-electron chi connectivity index (χ3n) is 7.78. The molecule has 2 aliphatic heterocycles. The minimum absolute atomic E-state index is 0.150. The predicted molar refractivity (Wildman–Crippen MR) is 142 cm³/mol. The molecule has 6 rings (SSSR count). The van der Waals surface area contributed by atoms with E-state index in [1.165, 1.54) is 39.0 Å². The molecule has 0 atom stereocenters. The fraction of sp³-hybridized carbons (Fsp3) is 0.429. The van der Waals surface area contributed by atoms with E-state index in [9.17, 15) is 4.79 Å². The lowest BCUT2D eigenvalue weighted by Gasteiger charge is -2.42. The average Bonchev–Trinajstić information content (AvgIpc) is 3.32. The van der Waals surface area contributed by atoms with Crippen LogP contribution in [0.2, 0.25) is 0 Å². The first kappa shape index (κ1) is 23.1. The van der Waals surface area contributed by atoms with Gasteiger partial charge in [0.15, 0.2) is 5.65 Å². The molecule has 0 N–H and O–H groups in total. The summed E-state index contributed by atoms with van der Waals surface area (Å²) in [5.74, 6) is 0.150. The molecule has 0 radical (unpaired) electrons. The molecule has 0 aliphatic carbocycles. The third-order valence-corrected chi connectivity index (χ3v) is 7.78. The lowest BCUT2D eigenvalue weighted by atomic mass is 10.00. The standard InChI is InChI=1S/C28H33N7O/c1-20(36)15-21-3-4-27-25(16-21)24(5-8-29-27)26-18-31-35-19-23(17-30-28(26)35)33-9-6-22(7-10-33)34-13-11-32(2)12-14-34/h3-5,8,16-19,22H,6-7,9-15H2,1-2H3. The van der Waals surface area contributed by atoms with E-state index in [0.717, 1.165) is 52.0 Å². The van der Waals surface area contributed by atoms with Crippen LogP contribution < -0.4 is 4.90 Å².